The van der Waals surface area contributed by atoms with Crippen molar-refractivity contribution in [2.45, 2.75) is 161 Å². The second-order valence-corrected chi connectivity index (χ2v) is 12.6. The molecule has 48 heavy (non-hydrogen) atoms. The number of aryl methyl sites for hydroxylation is 3. The number of rotatable bonds is 13. The van der Waals surface area contributed by atoms with Crippen LogP contribution in [0, 0.1) is 19.8 Å². The van der Waals surface area contributed by atoms with Crippen molar-refractivity contribution in [1.29, 1.82) is 0 Å². The number of hydrogen-bond donors (Lipinski definition) is 0. The van der Waals surface area contributed by atoms with Crippen LogP contribution in [0.25, 0.3) is 0 Å². The molecule has 0 spiro atoms. The highest BCUT2D eigenvalue weighted by molar-refractivity contribution is 6.03. The molecule has 0 radical (unpaired) electrons. The molecule has 3 aromatic rings. The minimum Gasteiger partial charge on any atom is -0.494 e. The summed E-state index contributed by atoms with van der Waals surface area (Å²) in [5.41, 5.74) is 6.22. The van der Waals surface area contributed by atoms with E-state index in [1.807, 2.05) is 32.9 Å². The monoisotopic (exact) mass is 664 g/mol. The van der Waals surface area contributed by atoms with E-state index in [1.165, 1.54) is 44.0 Å². The predicted molar refractivity (Wildman–Crippen MR) is 213 cm³/mol. The lowest BCUT2D eigenvalue weighted by atomic mass is 10.0. The number of unbranched alkanes of at least 4 members (excludes halogenated alkanes) is 1. The quantitative estimate of drug-likeness (QED) is 0.171. The standard InChI is InChI=1S/C22H31N3O2.C8H10.C6H14.C4H10.C3H8/c1-7-9-20(19-11-10-18(13-16(19)5)26-12-8-2)25-21-17(6)23-14-24-22(21)27-15(3)4;1-2-8-6-4-3-5-7-8;1-4-5-6(2)3;1-3-4-2;1-3-2/h10-11,13-15H,7-9,12H2,1-6H3;3-7H,2H2,1H3;6H,4-5H2,1-3H3;3-4H2,1-2H3;3H2,1-2H3. The smallest absolute Gasteiger partial charge is 0.243 e. The van der Waals surface area contributed by atoms with Gasteiger partial charge in [0.2, 0.25) is 5.88 Å². The molecule has 0 aliphatic heterocycles. The first kappa shape index (κ1) is 46.9. The average molecular weight is 664 g/mol. The topological polar surface area (TPSA) is 56.6 Å². The fourth-order valence-electron chi connectivity index (χ4n) is 4.07. The van der Waals surface area contributed by atoms with E-state index >= 15 is 0 Å². The van der Waals surface area contributed by atoms with Crippen molar-refractivity contribution < 1.29 is 9.47 Å². The fraction of sp³-hybridized carbons (Fsp3) is 0.605. The molecule has 0 aliphatic rings. The summed E-state index contributed by atoms with van der Waals surface area (Å²) in [4.78, 5) is 13.6. The van der Waals surface area contributed by atoms with Crippen molar-refractivity contribution in [2.75, 3.05) is 6.61 Å². The molecule has 0 N–H and O–H groups in total. The third kappa shape index (κ3) is 23.2. The summed E-state index contributed by atoms with van der Waals surface area (Å²) in [6.07, 6.45) is 12.1. The molecule has 1 heterocycles. The van der Waals surface area contributed by atoms with E-state index in [-0.39, 0.29) is 6.10 Å². The Bertz CT molecular complexity index is 1190. The zero-order chi connectivity index (χ0) is 36.7. The molecule has 0 fully saturated rings. The largest absolute Gasteiger partial charge is 0.494 e. The van der Waals surface area contributed by atoms with E-state index in [4.69, 9.17) is 14.5 Å². The average Bonchev–Trinajstić information content (AvgIpc) is 3.06. The van der Waals surface area contributed by atoms with Crippen LogP contribution in [0.4, 0.5) is 5.69 Å². The Morgan fingerprint density at radius 2 is 1.38 bits per heavy atom. The van der Waals surface area contributed by atoms with Crippen LogP contribution < -0.4 is 9.47 Å². The first-order valence-corrected chi connectivity index (χ1v) is 18.8. The second kappa shape index (κ2) is 31.1. The number of nitrogens with zero attached hydrogens (tertiary/aromatic N) is 3. The molecule has 1 aromatic heterocycles. The number of hydrogen-bond acceptors (Lipinski definition) is 5. The number of benzene rings is 2. The van der Waals surface area contributed by atoms with E-state index in [1.54, 1.807) is 0 Å². The van der Waals surface area contributed by atoms with Crippen LogP contribution >= 0.6 is 0 Å². The lowest BCUT2D eigenvalue weighted by Gasteiger charge is -2.15. The normalized spacial score (nSPS) is 10.4. The van der Waals surface area contributed by atoms with Gasteiger partial charge in [-0.25, -0.2) is 9.98 Å². The Kier molecular flexibility index (Phi) is 30.4. The molecule has 0 saturated heterocycles. The molecule has 0 amide bonds. The summed E-state index contributed by atoms with van der Waals surface area (Å²) in [7, 11) is 0. The van der Waals surface area contributed by atoms with Gasteiger partial charge in [0.05, 0.1) is 18.4 Å². The SMILES string of the molecule is CCC.CCCC.CCCC(C)C.CCCOc1ccc(C(CCC)=Nc2c(C)ncnc2OC(C)C)c(C)c1.CCc1ccccc1. The third-order valence-electron chi connectivity index (χ3n) is 6.65. The van der Waals surface area contributed by atoms with Gasteiger partial charge in [0.1, 0.15) is 17.8 Å². The minimum atomic E-state index is 0.0274. The first-order valence-electron chi connectivity index (χ1n) is 18.8. The van der Waals surface area contributed by atoms with Crippen molar-refractivity contribution in [3.8, 4) is 11.6 Å². The zero-order valence-electron chi connectivity index (χ0n) is 33.6. The van der Waals surface area contributed by atoms with Crippen LogP contribution in [0.5, 0.6) is 11.6 Å². The summed E-state index contributed by atoms with van der Waals surface area (Å²) in [6.45, 7) is 30.5. The van der Waals surface area contributed by atoms with E-state index in [0.717, 1.165) is 66.5 Å². The maximum atomic E-state index is 5.86. The lowest BCUT2D eigenvalue weighted by molar-refractivity contribution is 0.233. The minimum absolute atomic E-state index is 0.0274. The predicted octanol–water partition coefficient (Wildman–Crippen LogP) is 13.5. The van der Waals surface area contributed by atoms with Crippen LogP contribution in [0.15, 0.2) is 59.9 Å². The Hall–Kier alpha value is -3.21. The Morgan fingerprint density at radius 1 is 0.750 bits per heavy atom. The summed E-state index contributed by atoms with van der Waals surface area (Å²) in [5, 5.41) is 0. The zero-order valence-corrected chi connectivity index (χ0v) is 33.6. The maximum Gasteiger partial charge on any atom is 0.243 e. The second-order valence-electron chi connectivity index (χ2n) is 12.6. The molecule has 3 rings (SSSR count). The highest BCUT2D eigenvalue weighted by atomic mass is 16.5. The Labute approximate surface area is 297 Å². The van der Waals surface area contributed by atoms with Gasteiger partial charge < -0.3 is 9.47 Å². The van der Waals surface area contributed by atoms with Crippen LogP contribution in [0.2, 0.25) is 0 Å². The van der Waals surface area contributed by atoms with Gasteiger partial charge >= 0.3 is 0 Å². The van der Waals surface area contributed by atoms with Crippen LogP contribution in [0.3, 0.4) is 0 Å². The molecule has 0 atom stereocenters. The van der Waals surface area contributed by atoms with Gasteiger partial charge in [-0.15, -0.1) is 0 Å². The first-order chi connectivity index (χ1) is 23.0. The van der Waals surface area contributed by atoms with Crippen molar-refractivity contribution >= 4 is 11.4 Å². The van der Waals surface area contributed by atoms with E-state index < -0.39 is 0 Å². The molecule has 0 saturated carbocycles. The van der Waals surface area contributed by atoms with Crippen molar-refractivity contribution in [3.05, 3.63) is 77.2 Å². The van der Waals surface area contributed by atoms with E-state index in [2.05, 4.69) is 123 Å². The van der Waals surface area contributed by atoms with Gasteiger partial charge in [-0.1, -0.05) is 138 Å². The Morgan fingerprint density at radius 3 is 1.79 bits per heavy atom. The molecular formula is C43H73N3O2. The van der Waals surface area contributed by atoms with Gasteiger partial charge in [0.25, 0.3) is 0 Å². The molecule has 0 aliphatic carbocycles. The van der Waals surface area contributed by atoms with Crippen molar-refractivity contribution in [1.82, 2.24) is 9.97 Å². The molecule has 272 valence electrons. The van der Waals surface area contributed by atoms with Gasteiger partial charge in [-0.05, 0) is 87.8 Å². The van der Waals surface area contributed by atoms with E-state index in [0.29, 0.717) is 11.6 Å². The van der Waals surface area contributed by atoms with Crippen molar-refractivity contribution in [2.24, 2.45) is 10.9 Å². The summed E-state index contributed by atoms with van der Waals surface area (Å²) >= 11 is 0. The Balaban J connectivity index is 0. The molecule has 0 bridgehead atoms. The highest BCUT2D eigenvalue weighted by Crippen LogP contribution is 2.30. The molecular weight excluding hydrogens is 590 g/mol. The van der Waals surface area contributed by atoms with Crippen LogP contribution in [0.1, 0.15) is 157 Å². The molecule has 5 heteroatoms. The molecule has 0 unspecified atom stereocenters. The fourth-order valence-corrected chi connectivity index (χ4v) is 4.07. The lowest BCUT2D eigenvalue weighted by Crippen LogP contribution is -2.09. The van der Waals surface area contributed by atoms with Gasteiger partial charge in [0.15, 0.2) is 0 Å². The summed E-state index contributed by atoms with van der Waals surface area (Å²) < 4.78 is 11.6. The van der Waals surface area contributed by atoms with Gasteiger partial charge in [-0.3, -0.25) is 0 Å². The highest BCUT2D eigenvalue weighted by Gasteiger charge is 2.14. The number of aromatic nitrogens is 2. The summed E-state index contributed by atoms with van der Waals surface area (Å²) in [6, 6.07) is 16.6. The summed E-state index contributed by atoms with van der Waals surface area (Å²) in [5.74, 6) is 2.33. The van der Waals surface area contributed by atoms with Gasteiger partial charge in [-0.2, -0.15) is 4.98 Å². The number of ether oxygens (including phenoxy) is 2. The van der Waals surface area contributed by atoms with Crippen LogP contribution in [-0.2, 0) is 6.42 Å². The maximum absolute atomic E-state index is 5.86. The van der Waals surface area contributed by atoms with Gasteiger partial charge in [0, 0.05) is 5.71 Å². The third-order valence-corrected chi connectivity index (χ3v) is 6.65. The molecule has 5 nitrogen and oxygen atoms in total. The number of aliphatic imine (C=N–C) groups is 1. The van der Waals surface area contributed by atoms with Crippen LogP contribution in [-0.4, -0.2) is 28.4 Å². The van der Waals surface area contributed by atoms with E-state index in [9.17, 15) is 0 Å². The molecule has 2 aromatic carbocycles. The van der Waals surface area contributed by atoms with Crippen molar-refractivity contribution in [3.63, 3.8) is 0 Å².